The summed E-state index contributed by atoms with van der Waals surface area (Å²) >= 11 is 0. The molecular weight excluding hydrogens is 793 g/mol. The first-order chi connectivity index (χ1) is 29.3. The van der Waals surface area contributed by atoms with Gasteiger partial charge in [-0.3, -0.25) is 18.7 Å². The highest BCUT2D eigenvalue weighted by Crippen LogP contribution is 2.46. The third kappa shape index (κ3) is 7.09. The summed E-state index contributed by atoms with van der Waals surface area (Å²) in [4.78, 5) is 44.4. The third-order valence-corrected chi connectivity index (χ3v) is 16.6. The van der Waals surface area contributed by atoms with Gasteiger partial charge in [-0.25, -0.2) is 13.9 Å². The maximum absolute atomic E-state index is 15.0. The zero-order valence-corrected chi connectivity index (χ0v) is 36.6. The number of aromatic nitrogens is 5. The van der Waals surface area contributed by atoms with Crippen LogP contribution in [0, 0.1) is 25.6 Å². The number of imidazole rings is 1. The van der Waals surface area contributed by atoms with E-state index in [1.54, 1.807) is 61.3 Å². The molecule has 9 rings (SSSR count). The van der Waals surface area contributed by atoms with Crippen LogP contribution in [0.25, 0.3) is 28.1 Å². The predicted octanol–water partition coefficient (Wildman–Crippen LogP) is 8.09. The minimum Gasteiger partial charge on any atom is -0.381 e. The van der Waals surface area contributed by atoms with Gasteiger partial charge >= 0.3 is 5.69 Å². The van der Waals surface area contributed by atoms with Crippen LogP contribution in [0.1, 0.15) is 96.9 Å². The summed E-state index contributed by atoms with van der Waals surface area (Å²) < 4.78 is 41.3. The van der Waals surface area contributed by atoms with Gasteiger partial charge in [0, 0.05) is 85.6 Å². The van der Waals surface area contributed by atoms with Crippen LogP contribution in [0.4, 0.5) is 10.1 Å². The van der Waals surface area contributed by atoms with Crippen molar-refractivity contribution in [2.45, 2.75) is 78.7 Å². The molecule has 3 aromatic heterocycles. The molecule has 3 aromatic carbocycles. The smallest absolute Gasteiger partial charge is 0.338 e. The van der Waals surface area contributed by atoms with Crippen LogP contribution in [0.5, 0.6) is 0 Å². The molecule has 5 heterocycles. The molecule has 2 amide bonds. The molecule has 0 radical (unpaired) electrons. The van der Waals surface area contributed by atoms with E-state index >= 15 is 4.39 Å². The predicted molar refractivity (Wildman–Crippen MR) is 236 cm³/mol. The van der Waals surface area contributed by atoms with Gasteiger partial charge in [-0.05, 0) is 118 Å². The van der Waals surface area contributed by atoms with Crippen molar-refractivity contribution in [3.8, 4) is 17.2 Å². The van der Waals surface area contributed by atoms with Gasteiger partial charge in [0.25, 0.3) is 5.91 Å². The number of ether oxygens (including phenoxy) is 1. The molecule has 0 bridgehead atoms. The number of hydrogen-bond donors (Lipinski definition) is 1. The van der Waals surface area contributed by atoms with E-state index in [1.165, 1.54) is 14.7 Å². The van der Waals surface area contributed by atoms with Crippen molar-refractivity contribution in [1.29, 1.82) is 0 Å². The van der Waals surface area contributed by atoms with Crippen molar-refractivity contribution in [2.24, 2.45) is 13.0 Å². The molecule has 1 saturated heterocycles. The number of aryl methyl sites for hydroxylation is 3. The second-order valence-corrected chi connectivity index (χ2v) is 20.5. The number of carbonyl (C=O) groups excluding carboxylic acids is 2. The number of rotatable bonds is 10. The molecule has 0 unspecified atom stereocenters. The molecule has 1 atom stereocenters. The van der Waals surface area contributed by atoms with E-state index in [2.05, 4.69) is 23.5 Å². The first kappa shape index (κ1) is 40.9. The van der Waals surface area contributed by atoms with E-state index in [1.807, 2.05) is 43.4 Å². The van der Waals surface area contributed by atoms with Gasteiger partial charge in [-0.15, -0.1) is 0 Å². The van der Waals surface area contributed by atoms with Gasteiger partial charge in [-0.2, -0.15) is 5.10 Å². The fraction of sp³-hybridized carbons (Fsp3) is 0.404. The summed E-state index contributed by atoms with van der Waals surface area (Å²) in [5.41, 5.74) is 6.28. The van der Waals surface area contributed by atoms with Crippen molar-refractivity contribution in [1.82, 2.24) is 28.4 Å². The lowest BCUT2D eigenvalue weighted by molar-refractivity contribution is -0.117. The molecule has 12 nitrogen and oxygen atoms in total. The largest absolute Gasteiger partial charge is 0.381 e. The zero-order valence-electron chi connectivity index (χ0n) is 35.7. The Labute approximate surface area is 354 Å². The number of benzene rings is 3. The van der Waals surface area contributed by atoms with Crippen molar-refractivity contribution in [3.05, 3.63) is 117 Å². The summed E-state index contributed by atoms with van der Waals surface area (Å²) in [6, 6.07) is 16.7. The molecule has 61 heavy (non-hydrogen) atoms. The van der Waals surface area contributed by atoms with Crippen LogP contribution in [-0.4, -0.2) is 72.3 Å². The lowest BCUT2D eigenvalue weighted by Crippen LogP contribution is -2.40. The number of halogens is 1. The number of nitrogens with zero attached hydrogens (tertiary/aromatic N) is 6. The molecule has 2 fully saturated rings. The van der Waals surface area contributed by atoms with Crippen molar-refractivity contribution < 1.29 is 23.3 Å². The molecule has 1 saturated carbocycles. The second kappa shape index (κ2) is 15.7. The van der Waals surface area contributed by atoms with E-state index in [0.717, 1.165) is 61.1 Å². The van der Waals surface area contributed by atoms with Crippen LogP contribution in [0.3, 0.4) is 0 Å². The van der Waals surface area contributed by atoms with Crippen molar-refractivity contribution in [2.75, 3.05) is 37.4 Å². The van der Waals surface area contributed by atoms with E-state index in [-0.39, 0.29) is 23.5 Å². The first-order valence-corrected chi connectivity index (χ1v) is 23.6. The monoisotopic (exact) mass is 845 g/mol. The quantitative estimate of drug-likeness (QED) is 0.139. The van der Waals surface area contributed by atoms with E-state index in [9.17, 15) is 18.9 Å². The Hall–Kier alpha value is -5.52. The Morgan fingerprint density at radius 1 is 0.918 bits per heavy atom. The van der Waals surface area contributed by atoms with Crippen LogP contribution >= 0.6 is 7.14 Å². The van der Waals surface area contributed by atoms with Gasteiger partial charge in [0.15, 0.2) is 0 Å². The lowest BCUT2D eigenvalue weighted by Gasteiger charge is -2.33. The van der Waals surface area contributed by atoms with Gasteiger partial charge < -0.3 is 24.1 Å². The summed E-state index contributed by atoms with van der Waals surface area (Å²) in [6.45, 7) is 11.1. The van der Waals surface area contributed by atoms with Crippen LogP contribution in [0.15, 0.2) is 71.8 Å². The van der Waals surface area contributed by atoms with Crippen LogP contribution < -0.4 is 16.3 Å². The number of nitrogens with one attached hydrogen (secondary N) is 1. The Morgan fingerprint density at radius 2 is 1.62 bits per heavy atom. The molecule has 14 heteroatoms. The highest BCUT2D eigenvalue weighted by atomic mass is 31.2. The van der Waals surface area contributed by atoms with Gasteiger partial charge in [-0.1, -0.05) is 19.9 Å². The maximum atomic E-state index is 15.0. The lowest BCUT2D eigenvalue weighted by atomic mass is 9.91. The van der Waals surface area contributed by atoms with Gasteiger partial charge in [0.1, 0.15) is 24.5 Å². The van der Waals surface area contributed by atoms with Crippen molar-refractivity contribution >= 4 is 40.9 Å². The average Bonchev–Trinajstić information content (AvgIpc) is 3.85. The number of anilines is 1. The molecule has 2 aliphatic heterocycles. The minimum absolute atomic E-state index is 0.0720. The van der Waals surface area contributed by atoms with Gasteiger partial charge in [0.05, 0.1) is 28.8 Å². The molecule has 318 valence electrons. The molecule has 0 spiro atoms. The van der Waals surface area contributed by atoms with E-state index < -0.39 is 18.9 Å². The molecule has 6 aromatic rings. The minimum atomic E-state index is -2.81. The number of fused-ring (bicyclic) bond motifs is 2. The standard InChI is InChI=1S/C47H53FN7O5P/c1-7-61(59,8-2)41-14-12-35(27-38(41)49-44(56)32-9-10-32)53-19-20-54(47(53)58)45-42-30(5)52(18-15-37(42)50-55(45)36-23-28(3)43(48)29(4)24-36)46(57)40-26-34-25-33(11-13-39(34)51(40)6)31-16-21-60-22-17-31/h11-14,19-20,23-27,30-32H,7-10,15-18,21-22H2,1-6H3,(H,49,56)/t30-/m0/s1. The molecular formula is C47H53FN7O5P. The Balaban J connectivity index is 1.13. The van der Waals surface area contributed by atoms with Crippen LogP contribution in [-0.2, 0) is 27.6 Å². The second-order valence-electron chi connectivity index (χ2n) is 17.0. The first-order valence-electron chi connectivity index (χ1n) is 21.5. The summed E-state index contributed by atoms with van der Waals surface area (Å²) in [5, 5.41) is 9.73. The van der Waals surface area contributed by atoms with Crippen molar-refractivity contribution in [3.63, 3.8) is 0 Å². The fourth-order valence-electron chi connectivity index (χ4n) is 9.40. The van der Waals surface area contributed by atoms with E-state index in [4.69, 9.17) is 9.84 Å². The zero-order chi connectivity index (χ0) is 42.9. The number of hydrogen-bond acceptors (Lipinski definition) is 6. The highest BCUT2D eigenvalue weighted by Gasteiger charge is 2.37. The summed E-state index contributed by atoms with van der Waals surface area (Å²) in [6.07, 6.45) is 8.24. The summed E-state index contributed by atoms with van der Waals surface area (Å²) in [7, 11) is -0.884. The summed E-state index contributed by atoms with van der Waals surface area (Å²) in [5.74, 6) is 0.257. The third-order valence-electron chi connectivity index (χ3n) is 13.3. The average molecular weight is 846 g/mol. The fourth-order valence-corrected chi connectivity index (χ4v) is 11.4. The molecule has 3 aliphatic rings. The highest BCUT2D eigenvalue weighted by molar-refractivity contribution is 7.71. The Kier molecular flexibility index (Phi) is 10.5. The van der Waals surface area contributed by atoms with Crippen LogP contribution in [0.2, 0.25) is 0 Å². The number of carbonyl (C=O) groups is 2. The van der Waals surface area contributed by atoms with Gasteiger partial charge in [0.2, 0.25) is 5.91 Å². The molecule has 1 aliphatic carbocycles. The Morgan fingerprint density at radius 3 is 2.31 bits per heavy atom. The Bertz CT molecular complexity index is 2810. The molecule has 1 N–H and O–H groups in total. The SMILES string of the molecule is CCP(=O)(CC)c1ccc(-n2ccn(-c3c4c(nn3-c3cc(C)c(F)c(C)c3)CCN(C(=O)c3cc5cc(C6CCOCC6)ccc5n3C)[C@H]4C)c2=O)cc1NC(=O)C1CC1. The number of amides is 2. The maximum Gasteiger partial charge on any atom is 0.338 e. The van der Waals surface area contributed by atoms with E-state index in [0.29, 0.717) is 76.2 Å². The topological polar surface area (TPSA) is 125 Å². The normalized spacial score (nSPS) is 17.2.